The molecule has 0 aromatic heterocycles. The zero-order chi connectivity index (χ0) is 14.5. The van der Waals surface area contributed by atoms with Crippen molar-refractivity contribution in [3.8, 4) is 0 Å². The predicted octanol–water partition coefficient (Wildman–Crippen LogP) is -0.0307. The number of hydrogen-bond donors (Lipinski definition) is 2. The average molecular weight is 259 g/mol. The van der Waals surface area contributed by atoms with Crippen LogP contribution in [0.15, 0.2) is 0 Å². The van der Waals surface area contributed by atoms with Gasteiger partial charge in [-0.3, -0.25) is 4.79 Å². The van der Waals surface area contributed by atoms with E-state index in [1.54, 1.807) is 6.92 Å². The third-order valence-electron chi connectivity index (χ3n) is 2.91. The maximum atomic E-state index is 12.1. The first-order valence-electron chi connectivity index (χ1n) is 5.65. The number of hydrogen-bond acceptors (Lipinski definition) is 3. The Morgan fingerprint density at radius 1 is 1.28 bits per heavy atom. The highest BCUT2D eigenvalue weighted by Gasteiger charge is 2.37. The van der Waals surface area contributed by atoms with E-state index < -0.39 is 17.5 Å². The monoisotopic (exact) mass is 259 g/mol. The number of carbonyl (C=O) groups excluding carboxylic acids is 2. The number of carbonyl (C=O) groups is 3. The Morgan fingerprint density at radius 3 is 2.11 bits per heavy atom. The number of likely N-dealkylation sites (N-methyl/N-ethyl adjacent to an activating group) is 3. The van der Waals surface area contributed by atoms with Gasteiger partial charge in [-0.25, -0.2) is 9.59 Å². The Kier molecular flexibility index (Phi) is 5.61. The molecule has 2 N–H and O–H groups in total. The smallest absolute Gasteiger partial charge is 0.329 e. The van der Waals surface area contributed by atoms with Crippen molar-refractivity contribution in [3.05, 3.63) is 0 Å². The van der Waals surface area contributed by atoms with Gasteiger partial charge in [0, 0.05) is 20.6 Å². The molecular formula is C11H21N3O4. The SMILES string of the molecule is CCN(CC(=O)NC)C(=O)N(C)C(C)(C)C(=O)O. The molecule has 0 aromatic rings. The standard InChI is InChI=1S/C11H21N3O4/c1-6-14(7-8(15)12-4)10(18)13(5)11(2,3)9(16)17/h6-7H2,1-5H3,(H,12,15)(H,16,17). The third kappa shape index (κ3) is 3.61. The molecule has 7 heteroatoms. The molecule has 0 heterocycles. The lowest BCUT2D eigenvalue weighted by molar-refractivity contribution is -0.147. The number of carboxylic acids is 1. The number of aliphatic carboxylic acids is 1. The number of urea groups is 1. The van der Waals surface area contributed by atoms with Crippen LogP contribution in [0.25, 0.3) is 0 Å². The first kappa shape index (κ1) is 16.2. The van der Waals surface area contributed by atoms with Crippen LogP contribution in [0.1, 0.15) is 20.8 Å². The van der Waals surface area contributed by atoms with E-state index in [1.165, 1.54) is 32.8 Å². The van der Waals surface area contributed by atoms with E-state index in [0.717, 1.165) is 4.90 Å². The second kappa shape index (κ2) is 6.23. The molecule has 104 valence electrons. The van der Waals surface area contributed by atoms with E-state index in [1.807, 2.05) is 0 Å². The zero-order valence-electron chi connectivity index (χ0n) is 11.5. The second-order valence-corrected chi connectivity index (χ2v) is 4.39. The number of carboxylic acid groups (broad SMARTS) is 1. The van der Waals surface area contributed by atoms with Gasteiger partial charge >= 0.3 is 12.0 Å². The molecule has 0 saturated carbocycles. The molecule has 18 heavy (non-hydrogen) atoms. The number of amides is 3. The fourth-order valence-electron chi connectivity index (χ4n) is 1.16. The Labute approximate surface area is 107 Å². The highest BCUT2D eigenvalue weighted by Crippen LogP contribution is 2.14. The third-order valence-corrected chi connectivity index (χ3v) is 2.91. The molecule has 0 radical (unpaired) electrons. The van der Waals surface area contributed by atoms with Gasteiger partial charge in [0.25, 0.3) is 0 Å². The summed E-state index contributed by atoms with van der Waals surface area (Å²) in [7, 11) is 2.88. The summed E-state index contributed by atoms with van der Waals surface area (Å²) >= 11 is 0. The average Bonchev–Trinajstić information content (AvgIpc) is 2.33. The maximum Gasteiger partial charge on any atom is 0.329 e. The summed E-state index contributed by atoms with van der Waals surface area (Å²) in [6, 6.07) is -0.492. The van der Waals surface area contributed by atoms with Gasteiger partial charge in [0.15, 0.2) is 0 Å². The largest absolute Gasteiger partial charge is 0.480 e. The quantitative estimate of drug-likeness (QED) is 0.725. The lowest BCUT2D eigenvalue weighted by atomic mass is 10.0. The van der Waals surface area contributed by atoms with Gasteiger partial charge in [-0.2, -0.15) is 0 Å². The van der Waals surface area contributed by atoms with Gasteiger partial charge < -0.3 is 20.2 Å². The highest BCUT2D eigenvalue weighted by molar-refractivity contribution is 5.88. The summed E-state index contributed by atoms with van der Waals surface area (Å²) < 4.78 is 0. The van der Waals surface area contributed by atoms with E-state index in [9.17, 15) is 14.4 Å². The molecule has 0 aliphatic carbocycles. The molecular weight excluding hydrogens is 238 g/mol. The van der Waals surface area contributed by atoms with Crippen LogP contribution < -0.4 is 5.32 Å². The fraction of sp³-hybridized carbons (Fsp3) is 0.727. The van der Waals surface area contributed by atoms with Crippen molar-refractivity contribution in [1.29, 1.82) is 0 Å². The van der Waals surface area contributed by atoms with Crippen LogP contribution in [0.4, 0.5) is 4.79 Å². The Hall–Kier alpha value is -1.79. The molecule has 0 saturated heterocycles. The molecule has 0 aliphatic rings. The van der Waals surface area contributed by atoms with E-state index in [4.69, 9.17) is 5.11 Å². The summed E-state index contributed by atoms with van der Waals surface area (Å²) in [5.41, 5.74) is -1.33. The number of nitrogens with one attached hydrogen (secondary N) is 1. The molecule has 0 spiro atoms. The van der Waals surface area contributed by atoms with Gasteiger partial charge in [0.2, 0.25) is 5.91 Å². The van der Waals surface area contributed by atoms with Crippen LogP contribution in [0, 0.1) is 0 Å². The summed E-state index contributed by atoms with van der Waals surface area (Å²) in [6.07, 6.45) is 0. The van der Waals surface area contributed by atoms with Crippen LogP contribution in [0.2, 0.25) is 0 Å². The summed E-state index contributed by atoms with van der Waals surface area (Å²) in [4.78, 5) is 36.8. The molecule has 0 aromatic carbocycles. The molecule has 0 rings (SSSR count). The summed E-state index contributed by atoms with van der Waals surface area (Å²) in [5.74, 6) is -1.40. The first-order valence-corrected chi connectivity index (χ1v) is 5.65. The number of nitrogens with zero attached hydrogens (tertiary/aromatic N) is 2. The van der Waals surface area contributed by atoms with Gasteiger partial charge in [-0.05, 0) is 20.8 Å². The van der Waals surface area contributed by atoms with Crippen LogP contribution in [-0.4, -0.2) is 65.5 Å². The van der Waals surface area contributed by atoms with Crippen LogP contribution in [0.3, 0.4) is 0 Å². The van der Waals surface area contributed by atoms with E-state index in [-0.39, 0.29) is 12.5 Å². The molecule has 0 fully saturated rings. The van der Waals surface area contributed by atoms with Gasteiger partial charge in [0.05, 0.1) is 0 Å². The van der Waals surface area contributed by atoms with Crippen molar-refractivity contribution in [2.75, 3.05) is 27.2 Å². The van der Waals surface area contributed by atoms with Gasteiger partial charge in [-0.1, -0.05) is 0 Å². The minimum Gasteiger partial charge on any atom is -0.480 e. The predicted molar refractivity (Wildman–Crippen MR) is 66.2 cm³/mol. The van der Waals surface area contributed by atoms with Crippen LogP contribution in [0.5, 0.6) is 0 Å². The topological polar surface area (TPSA) is 90.0 Å². The molecule has 7 nitrogen and oxygen atoms in total. The molecule has 0 atom stereocenters. The normalized spacial score (nSPS) is 10.7. The highest BCUT2D eigenvalue weighted by atomic mass is 16.4. The van der Waals surface area contributed by atoms with Crippen molar-refractivity contribution in [2.45, 2.75) is 26.3 Å². The van der Waals surface area contributed by atoms with Crippen molar-refractivity contribution >= 4 is 17.9 Å². The van der Waals surface area contributed by atoms with Crippen molar-refractivity contribution in [1.82, 2.24) is 15.1 Å². The Balaban J connectivity index is 4.89. The fourth-order valence-corrected chi connectivity index (χ4v) is 1.16. The first-order chi connectivity index (χ1) is 8.18. The molecule has 3 amide bonds. The van der Waals surface area contributed by atoms with Crippen LogP contribution in [-0.2, 0) is 9.59 Å². The van der Waals surface area contributed by atoms with Gasteiger partial charge in [0.1, 0.15) is 12.1 Å². The minimum absolute atomic E-state index is 0.0914. The number of rotatable bonds is 5. The van der Waals surface area contributed by atoms with Crippen molar-refractivity contribution in [3.63, 3.8) is 0 Å². The van der Waals surface area contributed by atoms with E-state index >= 15 is 0 Å². The van der Waals surface area contributed by atoms with E-state index in [0.29, 0.717) is 6.54 Å². The zero-order valence-corrected chi connectivity index (χ0v) is 11.5. The Morgan fingerprint density at radius 2 is 1.78 bits per heavy atom. The van der Waals surface area contributed by atoms with Gasteiger partial charge in [-0.15, -0.1) is 0 Å². The van der Waals surface area contributed by atoms with E-state index in [2.05, 4.69) is 5.32 Å². The Bertz CT molecular complexity index is 341. The summed E-state index contributed by atoms with van der Waals surface area (Å²) in [5, 5.41) is 11.5. The molecule has 0 aliphatic heterocycles. The lowest BCUT2D eigenvalue weighted by Crippen LogP contribution is -2.56. The van der Waals surface area contributed by atoms with Crippen LogP contribution >= 0.6 is 0 Å². The second-order valence-electron chi connectivity index (χ2n) is 4.39. The minimum atomic E-state index is -1.33. The molecule has 0 bridgehead atoms. The summed E-state index contributed by atoms with van der Waals surface area (Å²) in [6.45, 7) is 4.82. The lowest BCUT2D eigenvalue weighted by Gasteiger charge is -2.35. The van der Waals surface area contributed by atoms with Crippen molar-refractivity contribution < 1.29 is 19.5 Å². The maximum absolute atomic E-state index is 12.1. The van der Waals surface area contributed by atoms with Crippen molar-refractivity contribution in [2.24, 2.45) is 0 Å². The molecule has 0 unspecified atom stereocenters.